The van der Waals surface area contributed by atoms with Gasteiger partial charge < -0.3 is 9.32 Å². The molecule has 3 heterocycles. The first-order valence-electron chi connectivity index (χ1n) is 10.5. The van der Waals surface area contributed by atoms with Crippen LogP contribution in [-0.4, -0.2) is 54.7 Å². The molecular weight excluding hydrogens is 426 g/mol. The number of piperazine rings is 1. The topological polar surface area (TPSA) is 83.7 Å². The molecule has 1 aliphatic heterocycles. The summed E-state index contributed by atoms with van der Waals surface area (Å²) in [5.74, 6) is 0.0498. The van der Waals surface area contributed by atoms with Gasteiger partial charge in [0.1, 0.15) is 10.5 Å². The normalized spacial score (nSPS) is 15.5. The Morgan fingerprint density at radius 1 is 0.938 bits per heavy atom. The minimum Gasteiger partial charge on any atom is -0.451 e. The number of carbonyl (C=O) groups excluding carboxylic acids is 1. The van der Waals surface area contributed by atoms with E-state index in [1.165, 1.54) is 4.31 Å². The molecule has 1 aliphatic rings. The molecule has 0 saturated carbocycles. The first-order chi connectivity index (χ1) is 15.3. The van der Waals surface area contributed by atoms with Gasteiger partial charge in [-0.25, -0.2) is 8.42 Å². The van der Waals surface area contributed by atoms with Gasteiger partial charge in [-0.05, 0) is 49.7 Å². The van der Waals surface area contributed by atoms with Gasteiger partial charge in [-0.2, -0.15) is 4.31 Å². The van der Waals surface area contributed by atoms with Crippen molar-refractivity contribution in [2.45, 2.75) is 18.7 Å². The van der Waals surface area contributed by atoms with E-state index in [0.717, 1.165) is 21.9 Å². The van der Waals surface area contributed by atoms with Crippen LogP contribution in [0.3, 0.4) is 0 Å². The second-order valence-corrected chi connectivity index (χ2v) is 10.1. The zero-order chi connectivity index (χ0) is 22.5. The van der Waals surface area contributed by atoms with Gasteiger partial charge in [0.15, 0.2) is 5.76 Å². The van der Waals surface area contributed by atoms with Crippen molar-refractivity contribution in [1.29, 1.82) is 0 Å². The van der Waals surface area contributed by atoms with Gasteiger partial charge in [-0.3, -0.25) is 9.78 Å². The lowest BCUT2D eigenvalue weighted by atomic mass is 10.2. The molecule has 1 fully saturated rings. The molecule has 0 unspecified atom stereocenters. The Morgan fingerprint density at radius 2 is 1.69 bits per heavy atom. The molecule has 32 heavy (non-hydrogen) atoms. The number of furan rings is 1. The van der Waals surface area contributed by atoms with E-state index in [9.17, 15) is 13.2 Å². The van der Waals surface area contributed by atoms with Crippen molar-refractivity contribution in [3.05, 3.63) is 71.6 Å². The SMILES string of the molecule is Cc1ccc2oc(C(=O)N3CCN(S(=O)(=O)c4cccc5cc(C)cnc45)CC3)cc2c1. The number of pyridine rings is 1. The second-order valence-electron chi connectivity index (χ2n) is 8.19. The van der Waals surface area contributed by atoms with Crippen molar-refractivity contribution in [3.8, 4) is 0 Å². The van der Waals surface area contributed by atoms with E-state index in [4.69, 9.17) is 4.42 Å². The van der Waals surface area contributed by atoms with Crippen LogP contribution >= 0.6 is 0 Å². The van der Waals surface area contributed by atoms with Crippen LogP contribution in [-0.2, 0) is 10.0 Å². The highest BCUT2D eigenvalue weighted by atomic mass is 32.2. The summed E-state index contributed by atoms with van der Waals surface area (Å²) in [6.07, 6.45) is 1.67. The third-order valence-corrected chi connectivity index (χ3v) is 7.77. The number of sulfonamides is 1. The lowest BCUT2D eigenvalue weighted by molar-refractivity contribution is 0.0668. The third-order valence-electron chi connectivity index (χ3n) is 5.84. The van der Waals surface area contributed by atoms with Gasteiger partial charge >= 0.3 is 0 Å². The highest BCUT2D eigenvalue weighted by Crippen LogP contribution is 2.26. The summed E-state index contributed by atoms with van der Waals surface area (Å²) < 4.78 is 33.8. The van der Waals surface area contributed by atoms with E-state index in [-0.39, 0.29) is 29.7 Å². The zero-order valence-corrected chi connectivity index (χ0v) is 18.7. The Kier molecular flexibility index (Phi) is 4.98. The van der Waals surface area contributed by atoms with Crippen molar-refractivity contribution in [3.63, 3.8) is 0 Å². The molecular formula is C24H23N3O4S. The van der Waals surface area contributed by atoms with Crippen molar-refractivity contribution in [2.24, 2.45) is 0 Å². The lowest BCUT2D eigenvalue weighted by Gasteiger charge is -2.33. The molecule has 5 rings (SSSR count). The van der Waals surface area contributed by atoms with Gasteiger partial charge in [-0.15, -0.1) is 0 Å². The number of rotatable bonds is 3. The molecule has 0 spiro atoms. The predicted molar refractivity (Wildman–Crippen MR) is 122 cm³/mol. The number of nitrogens with zero attached hydrogens (tertiary/aromatic N) is 3. The van der Waals surface area contributed by atoms with Crippen LogP contribution in [0.2, 0.25) is 0 Å². The van der Waals surface area contributed by atoms with E-state index in [0.29, 0.717) is 24.2 Å². The Hall–Kier alpha value is -3.23. The second kappa shape index (κ2) is 7.72. The number of hydrogen-bond acceptors (Lipinski definition) is 5. The van der Waals surface area contributed by atoms with E-state index in [2.05, 4.69) is 4.98 Å². The molecule has 0 atom stereocenters. The summed E-state index contributed by atoms with van der Waals surface area (Å²) >= 11 is 0. The van der Waals surface area contributed by atoms with Crippen LogP contribution in [0.5, 0.6) is 0 Å². The molecule has 1 saturated heterocycles. The summed E-state index contributed by atoms with van der Waals surface area (Å²) in [5, 5.41) is 1.67. The minimum atomic E-state index is -3.73. The number of benzene rings is 2. The number of aryl methyl sites for hydroxylation is 2. The number of fused-ring (bicyclic) bond motifs is 2. The van der Waals surface area contributed by atoms with Crippen LogP contribution < -0.4 is 0 Å². The minimum absolute atomic E-state index is 0.197. The van der Waals surface area contributed by atoms with Crippen LogP contribution in [0.4, 0.5) is 0 Å². The van der Waals surface area contributed by atoms with Gasteiger partial charge in [0, 0.05) is 43.1 Å². The van der Waals surface area contributed by atoms with Crippen molar-refractivity contribution in [1.82, 2.24) is 14.2 Å². The fraction of sp³-hybridized carbons (Fsp3) is 0.250. The Balaban J connectivity index is 1.35. The summed E-state index contributed by atoms with van der Waals surface area (Å²) in [4.78, 5) is 19.1. The van der Waals surface area contributed by atoms with Crippen LogP contribution in [0.15, 0.2) is 64.0 Å². The van der Waals surface area contributed by atoms with E-state index >= 15 is 0 Å². The van der Waals surface area contributed by atoms with E-state index in [1.807, 2.05) is 44.2 Å². The molecule has 2 aromatic carbocycles. The van der Waals surface area contributed by atoms with E-state index < -0.39 is 10.0 Å². The molecule has 0 radical (unpaired) electrons. The van der Waals surface area contributed by atoms with Crippen LogP contribution in [0, 0.1) is 13.8 Å². The van der Waals surface area contributed by atoms with Gasteiger partial charge in [-0.1, -0.05) is 23.8 Å². The molecule has 164 valence electrons. The highest BCUT2D eigenvalue weighted by Gasteiger charge is 2.32. The number of para-hydroxylation sites is 1. The molecule has 0 N–H and O–H groups in total. The molecule has 2 aromatic heterocycles. The predicted octanol–water partition coefficient (Wildman–Crippen LogP) is 3.74. The Morgan fingerprint density at radius 3 is 2.47 bits per heavy atom. The number of aromatic nitrogens is 1. The Labute approximate surface area is 186 Å². The average Bonchev–Trinajstić information content (AvgIpc) is 3.21. The number of amides is 1. The van der Waals surface area contributed by atoms with Crippen LogP contribution in [0.1, 0.15) is 21.7 Å². The molecule has 8 heteroatoms. The van der Waals surface area contributed by atoms with E-state index in [1.54, 1.807) is 29.3 Å². The monoisotopic (exact) mass is 449 g/mol. The smallest absolute Gasteiger partial charge is 0.289 e. The number of carbonyl (C=O) groups is 1. The maximum absolute atomic E-state index is 13.3. The fourth-order valence-electron chi connectivity index (χ4n) is 4.15. The van der Waals surface area contributed by atoms with Crippen LogP contribution in [0.25, 0.3) is 21.9 Å². The maximum Gasteiger partial charge on any atom is 0.289 e. The largest absolute Gasteiger partial charge is 0.451 e. The average molecular weight is 450 g/mol. The van der Waals surface area contributed by atoms with Gasteiger partial charge in [0.2, 0.25) is 10.0 Å². The maximum atomic E-state index is 13.3. The molecule has 4 aromatic rings. The Bertz CT molecular complexity index is 1450. The quantitative estimate of drug-likeness (QED) is 0.476. The van der Waals surface area contributed by atoms with Crippen molar-refractivity contribution >= 4 is 37.8 Å². The third kappa shape index (κ3) is 3.55. The highest BCUT2D eigenvalue weighted by molar-refractivity contribution is 7.89. The lowest BCUT2D eigenvalue weighted by Crippen LogP contribution is -2.50. The summed E-state index contributed by atoms with van der Waals surface area (Å²) in [6.45, 7) is 4.94. The molecule has 0 bridgehead atoms. The first-order valence-corrected chi connectivity index (χ1v) is 11.9. The summed E-state index contributed by atoms with van der Waals surface area (Å²) in [7, 11) is -3.73. The standard InChI is InChI=1S/C24H23N3O4S/c1-16-6-7-20-19(12-16)14-21(31-20)24(28)26-8-10-27(11-9-26)32(29,30)22-5-3-4-18-13-17(2)15-25-23(18)22/h3-7,12-15H,8-11H2,1-2H3. The molecule has 1 amide bonds. The summed E-state index contributed by atoms with van der Waals surface area (Å²) in [6, 6.07) is 14.6. The van der Waals surface area contributed by atoms with Crippen molar-refractivity contribution < 1.29 is 17.6 Å². The molecule has 0 aliphatic carbocycles. The zero-order valence-electron chi connectivity index (χ0n) is 17.9. The first kappa shape index (κ1) is 20.7. The fourth-order valence-corrected chi connectivity index (χ4v) is 5.73. The molecule has 7 nitrogen and oxygen atoms in total. The van der Waals surface area contributed by atoms with Gasteiger partial charge in [0.05, 0.1) is 5.52 Å². The van der Waals surface area contributed by atoms with Crippen molar-refractivity contribution in [2.75, 3.05) is 26.2 Å². The number of hydrogen-bond donors (Lipinski definition) is 0. The summed E-state index contributed by atoms with van der Waals surface area (Å²) in [5.41, 5.74) is 3.20. The van der Waals surface area contributed by atoms with Gasteiger partial charge in [0.25, 0.3) is 5.91 Å².